The van der Waals surface area contributed by atoms with Crippen LogP contribution in [-0.2, 0) is 16.3 Å². The Bertz CT molecular complexity index is 1100. The number of carbonyl (C=O) groups is 2. The Balaban J connectivity index is 0. The van der Waals surface area contributed by atoms with Gasteiger partial charge in [0.05, 0.1) is 5.56 Å². The van der Waals surface area contributed by atoms with Gasteiger partial charge in [-0.1, -0.05) is 23.5 Å². The molecule has 1 aliphatic rings. The first-order chi connectivity index (χ1) is 15.2. The molecule has 3 aromatic rings. The third-order valence-corrected chi connectivity index (χ3v) is 5.50. The van der Waals surface area contributed by atoms with Gasteiger partial charge in [0.15, 0.2) is 10.0 Å². The van der Waals surface area contributed by atoms with Crippen LogP contribution in [0.5, 0.6) is 0 Å². The summed E-state index contributed by atoms with van der Waals surface area (Å²) in [7, 11) is 3.14. The van der Waals surface area contributed by atoms with E-state index >= 15 is 0 Å². The molecule has 10 nitrogen and oxygen atoms in total. The summed E-state index contributed by atoms with van der Waals surface area (Å²) in [6.45, 7) is 2.41. The van der Waals surface area contributed by atoms with Gasteiger partial charge in [-0.3, -0.25) is 4.79 Å². The molecule has 0 amide bonds. The minimum absolute atomic E-state index is 0. The van der Waals surface area contributed by atoms with Crippen LogP contribution in [0, 0.1) is 0 Å². The summed E-state index contributed by atoms with van der Waals surface area (Å²) in [5.74, 6) is -0.0913. The molecule has 3 aromatic heterocycles. The molecule has 0 aliphatic heterocycles. The number of nitrogen functional groups attached to an aromatic ring is 1. The fourth-order valence-corrected chi connectivity index (χ4v) is 4.23. The number of ether oxygens (including phenoxy) is 1. The fourth-order valence-electron chi connectivity index (χ4n) is 2.83. The van der Waals surface area contributed by atoms with Crippen molar-refractivity contribution >= 4 is 52.5 Å². The summed E-state index contributed by atoms with van der Waals surface area (Å²) < 4.78 is 7.19. The van der Waals surface area contributed by atoms with Gasteiger partial charge in [0, 0.05) is 29.3 Å². The topological polar surface area (TPSA) is 159 Å². The van der Waals surface area contributed by atoms with Gasteiger partial charge in [-0.15, -0.1) is 21.5 Å². The maximum atomic E-state index is 13.0. The number of aromatic nitrogens is 4. The Morgan fingerprint density at radius 1 is 1.18 bits per heavy atom. The number of hydrogen-bond acceptors (Lipinski definition) is 11. The summed E-state index contributed by atoms with van der Waals surface area (Å²) in [5.41, 5.74) is 6.89. The third-order valence-electron chi connectivity index (χ3n) is 3.88. The van der Waals surface area contributed by atoms with E-state index in [4.69, 9.17) is 25.5 Å². The minimum Gasteiger partial charge on any atom is -0.857 e. The van der Waals surface area contributed by atoms with Crippen LogP contribution in [0.4, 0.5) is 5.13 Å². The second-order valence-electron chi connectivity index (χ2n) is 5.53. The molecule has 33 heavy (non-hydrogen) atoms. The molecule has 3 heterocycles. The van der Waals surface area contributed by atoms with E-state index in [9.17, 15) is 4.79 Å². The summed E-state index contributed by atoms with van der Waals surface area (Å²) in [6.07, 6.45) is 7.99. The second-order valence-corrected chi connectivity index (χ2v) is 7.39. The molecule has 0 fully saturated rings. The first kappa shape index (κ1) is 34.4. The Morgan fingerprint density at radius 3 is 2.39 bits per heavy atom. The summed E-state index contributed by atoms with van der Waals surface area (Å²) in [6, 6.07) is 0. The molecule has 0 unspecified atom stereocenters. The van der Waals surface area contributed by atoms with Crippen LogP contribution >= 0.6 is 22.7 Å². The summed E-state index contributed by atoms with van der Waals surface area (Å²) >= 11 is 2.55. The van der Waals surface area contributed by atoms with Crippen LogP contribution in [0.1, 0.15) is 28.2 Å². The molecule has 4 rings (SSSR count). The number of nitrogens with two attached hydrogens (primary N) is 1. The first-order valence-electron chi connectivity index (χ1n) is 8.76. The molecule has 0 saturated heterocycles. The number of thiazole rings is 1. The molecule has 0 bridgehead atoms. The first-order valence-corrected chi connectivity index (χ1v) is 10.5. The normalized spacial score (nSPS) is 10.5. The van der Waals surface area contributed by atoms with E-state index in [1.807, 2.05) is 22.9 Å². The molecule has 0 radical (unpaired) electrons. The number of anilines is 1. The molecule has 0 atom stereocenters. The third kappa shape index (κ3) is 8.75. The standard InChI is InChI=1S/C16H15N5O2S2.2CH3O.CH2O.2Na/c1-23-8-21-6-10(9-4-2-3-5-12(9)21)13(22)15-18-11(7-24-15)14-19-20-16(17)25-14;3*1-2;;/h4-7H,2-3,8H2,1H3,(H2,17,20);2*1H3;1H2;;/q;2*-1;;2*+1. The fraction of sp³-hybridized carbons (Fsp3) is 0.316. The van der Waals surface area contributed by atoms with Crippen LogP contribution in [0.25, 0.3) is 22.9 Å². The van der Waals surface area contributed by atoms with Crippen LogP contribution in [0.3, 0.4) is 0 Å². The molecule has 0 saturated carbocycles. The zero-order chi connectivity index (χ0) is 23.4. The van der Waals surface area contributed by atoms with E-state index in [2.05, 4.69) is 27.3 Å². The number of nitrogens with zero attached hydrogens (tertiary/aromatic N) is 4. The number of hydrogen-bond donors (Lipinski definition) is 1. The van der Waals surface area contributed by atoms with Crippen LogP contribution in [-0.4, -0.2) is 53.7 Å². The van der Waals surface area contributed by atoms with E-state index in [1.165, 1.54) is 22.7 Å². The average molecular weight is 512 g/mol. The monoisotopic (exact) mass is 511 g/mol. The van der Waals surface area contributed by atoms with Crippen molar-refractivity contribution in [3.8, 4) is 10.7 Å². The van der Waals surface area contributed by atoms with E-state index in [1.54, 1.807) is 7.11 Å². The van der Waals surface area contributed by atoms with Crippen LogP contribution < -0.4 is 85.6 Å². The van der Waals surface area contributed by atoms with E-state index < -0.39 is 0 Å². The van der Waals surface area contributed by atoms with Crippen LogP contribution in [0.2, 0.25) is 0 Å². The van der Waals surface area contributed by atoms with Gasteiger partial charge < -0.3 is 30.0 Å². The largest absolute Gasteiger partial charge is 1.00 e. The zero-order valence-corrected chi connectivity index (χ0v) is 25.0. The smallest absolute Gasteiger partial charge is 0.857 e. The summed E-state index contributed by atoms with van der Waals surface area (Å²) in [4.78, 5) is 25.4. The maximum Gasteiger partial charge on any atom is 1.00 e. The second kappa shape index (κ2) is 18.5. The van der Waals surface area contributed by atoms with Crippen molar-refractivity contribution in [2.75, 3.05) is 27.1 Å². The van der Waals surface area contributed by atoms with Crippen molar-refractivity contribution in [2.45, 2.75) is 19.6 Å². The molecule has 0 aromatic carbocycles. The number of ketones is 1. The Labute approximate surface area is 243 Å². The van der Waals surface area contributed by atoms with Gasteiger partial charge in [-0.25, -0.2) is 4.98 Å². The molecule has 0 spiro atoms. The van der Waals surface area contributed by atoms with E-state index in [-0.39, 0.29) is 64.9 Å². The molecular formula is C19H23N5Na2O5S2. The van der Waals surface area contributed by atoms with Crippen molar-refractivity contribution in [1.82, 2.24) is 19.7 Å². The van der Waals surface area contributed by atoms with Gasteiger partial charge >= 0.3 is 59.1 Å². The Hall–Kier alpha value is -0.770. The van der Waals surface area contributed by atoms with Crippen molar-refractivity contribution in [3.63, 3.8) is 0 Å². The number of methoxy groups -OCH3 is 1. The van der Waals surface area contributed by atoms with Gasteiger partial charge in [0.1, 0.15) is 19.2 Å². The summed E-state index contributed by atoms with van der Waals surface area (Å²) in [5, 5.41) is 29.5. The van der Waals surface area contributed by atoms with Crippen molar-refractivity contribution in [1.29, 1.82) is 0 Å². The quantitative estimate of drug-likeness (QED) is 0.259. The predicted molar refractivity (Wildman–Crippen MR) is 117 cm³/mol. The number of rotatable bonds is 5. The van der Waals surface area contributed by atoms with Gasteiger partial charge in [-0.05, 0) is 12.8 Å². The SMILES string of the molecule is C=O.COCn1cc(C(=O)c2nc(-c3nnc(N)s3)cs2)c2c1=CCCC=2.C[O-].C[O-].[Na+].[Na+]. The molecule has 168 valence electrons. The van der Waals surface area contributed by atoms with E-state index in [0.29, 0.717) is 33.1 Å². The van der Waals surface area contributed by atoms with Gasteiger partial charge in [0.2, 0.25) is 10.9 Å². The minimum atomic E-state index is -0.0913. The van der Waals surface area contributed by atoms with Crippen LogP contribution in [0.15, 0.2) is 11.6 Å². The zero-order valence-electron chi connectivity index (χ0n) is 19.4. The van der Waals surface area contributed by atoms with Crippen molar-refractivity contribution < 1.29 is 83.7 Å². The van der Waals surface area contributed by atoms with Crippen molar-refractivity contribution in [2.24, 2.45) is 0 Å². The van der Waals surface area contributed by atoms with Crippen molar-refractivity contribution in [3.05, 3.63) is 32.7 Å². The molecule has 14 heteroatoms. The number of carbonyl (C=O) groups excluding carboxylic acids is 2. The molecular weight excluding hydrogens is 488 g/mol. The Morgan fingerprint density at radius 2 is 1.82 bits per heavy atom. The van der Waals surface area contributed by atoms with Gasteiger partial charge in [0.25, 0.3) is 0 Å². The average Bonchev–Trinajstić information content (AvgIpc) is 3.57. The maximum absolute atomic E-state index is 13.0. The number of fused-ring (bicyclic) bond motifs is 1. The van der Waals surface area contributed by atoms with Gasteiger partial charge in [-0.2, -0.15) is 14.2 Å². The molecule has 1 aliphatic carbocycles. The van der Waals surface area contributed by atoms with E-state index in [0.717, 1.165) is 37.6 Å². The Kier molecular flexibility index (Phi) is 19.3. The molecule has 2 N–H and O–H groups in total. The predicted octanol–water partition coefficient (Wildman–Crippen LogP) is -6.99.